The van der Waals surface area contributed by atoms with E-state index in [4.69, 9.17) is 0 Å². The van der Waals surface area contributed by atoms with Gasteiger partial charge in [0.15, 0.2) is 5.78 Å². The van der Waals surface area contributed by atoms with E-state index in [0.29, 0.717) is 48.7 Å². The number of benzene rings is 1. The predicted molar refractivity (Wildman–Crippen MR) is 144 cm³/mol. The van der Waals surface area contributed by atoms with Gasteiger partial charge in [-0.1, -0.05) is 30.7 Å². The third-order valence-corrected chi connectivity index (χ3v) is 12.3. The summed E-state index contributed by atoms with van der Waals surface area (Å²) in [5, 5.41) is 26.1. The monoisotopic (exact) mass is 502 g/mol. The van der Waals surface area contributed by atoms with Crippen molar-refractivity contribution in [3.8, 4) is 11.1 Å². The molecule has 0 bridgehead atoms. The van der Waals surface area contributed by atoms with Gasteiger partial charge in [-0.2, -0.15) is 11.3 Å². The summed E-state index contributed by atoms with van der Waals surface area (Å²) >= 11 is 1.75. The van der Waals surface area contributed by atoms with E-state index >= 15 is 0 Å². The van der Waals surface area contributed by atoms with Crippen LogP contribution in [0.4, 0.5) is 0 Å². The van der Waals surface area contributed by atoms with E-state index < -0.39 is 5.60 Å². The molecule has 1 aromatic heterocycles. The predicted octanol–water partition coefficient (Wildman–Crippen LogP) is 6.68. The molecule has 3 nitrogen and oxygen atoms in total. The molecule has 1 spiro atoms. The lowest BCUT2D eigenvalue weighted by Crippen LogP contribution is -2.59. The maximum Gasteiger partial charge on any atom is 0.155 e. The van der Waals surface area contributed by atoms with Crippen LogP contribution in [0.2, 0.25) is 0 Å². The lowest BCUT2D eigenvalue weighted by molar-refractivity contribution is -0.146. The van der Waals surface area contributed by atoms with Crippen molar-refractivity contribution < 1.29 is 15.0 Å². The maximum atomic E-state index is 12.6. The number of rotatable bonds is 4. The van der Waals surface area contributed by atoms with Crippen LogP contribution in [-0.4, -0.2) is 28.2 Å². The summed E-state index contributed by atoms with van der Waals surface area (Å²) < 4.78 is 0. The minimum absolute atomic E-state index is 0.106. The number of carbonyl (C=O) groups is 1. The molecule has 0 amide bonds. The number of aliphatic hydroxyl groups excluding tert-OH is 1. The van der Waals surface area contributed by atoms with Crippen molar-refractivity contribution in [2.24, 2.45) is 28.6 Å². The lowest BCUT2D eigenvalue weighted by Gasteiger charge is -2.65. The average Bonchev–Trinajstić information content (AvgIpc) is 3.50. The molecule has 4 heteroatoms. The van der Waals surface area contributed by atoms with E-state index in [0.717, 1.165) is 44.9 Å². The van der Waals surface area contributed by atoms with Gasteiger partial charge in [0.1, 0.15) is 0 Å². The van der Waals surface area contributed by atoms with Gasteiger partial charge < -0.3 is 10.2 Å². The van der Waals surface area contributed by atoms with Crippen molar-refractivity contribution in [2.75, 3.05) is 6.61 Å². The Balaban J connectivity index is 1.39. The van der Waals surface area contributed by atoms with Gasteiger partial charge in [-0.15, -0.1) is 0 Å². The highest BCUT2D eigenvalue weighted by atomic mass is 32.1. The Kier molecular flexibility index (Phi) is 5.27. The first-order valence-corrected chi connectivity index (χ1v) is 15.1. The summed E-state index contributed by atoms with van der Waals surface area (Å²) in [5.41, 5.74) is 6.30. The lowest BCUT2D eigenvalue weighted by atomic mass is 9.39. The number of thiophene rings is 1. The first-order chi connectivity index (χ1) is 17.4. The average molecular weight is 503 g/mol. The van der Waals surface area contributed by atoms with Gasteiger partial charge in [-0.25, -0.2) is 0 Å². The summed E-state index contributed by atoms with van der Waals surface area (Å²) in [6.45, 7) is 2.53. The fourth-order valence-corrected chi connectivity index (χ4v) is 10.8. The molecular weight excluding hydrogens is 464 g/mol. The largest absolute Gasteiger partial charge is 0.396 e. The summed E-state index contributed by atoms with van der Waals surface area (Å²) in [5.74, 6) is 2.45. The fraction of sp³-hybridized carbons (Fsp3) is 0.594. The van der Waals surface area contributed by atoms with Gasteiger partial charge in [0.25, 0.3) is 0 Å². The topological polar surface area (TPSA) is 57.5 Å². The van der Waals surface area contributed by atoms with Gasteiger partial charge >= 0.3 is 0 Å². The van der Waals surface area contributed by atoms with E-state index in [1.807, 2.05) is 6.08 Å². The molecule has 2 aromatic rings. The highest BCUT2D eigenvalue weighted by molar-refractivity contribution is 7.08. The van der Waals surface area contributed by atoms with Gasteiger partial charge in [0.05, 0.1) is 5.60 Å². The molecule has 2 unspecified atom stereocenters. The van der Waals surface area contributed by atoms with Crippen molar-refractivity contribution in [1.82, 2.24) is 0 Å². The second kappa shape index (κ2) is 8.12. The molecule has 0 saturated heterocycles. The van der Waals surface area contributed by atoms with Gasteiger partial charge in [-0.3, -0.25) is 4.79 Å². The number of hydrogen-bond donors (Lipinski definition) is 2. The highest BCUT2D eigenvalue weighted by Crippen LogP contribution is 2.73. The summed E-state index contributed by atoms with van der Waals surface area (Å²) in [6, 6.07) is 9.39. The molecule has 5 aliphatic rings. The van der Waals surface area contributed by atoms with Crippen LogP contribution < -0.4 is 0 Å². The van der Waals surface area contributed by atoms with Crippen LogP contribution in [0, 0.1) is 28.6 Å². The molecule has 5 aliphatic carbocycles. The van der Waals surface area contributed by atoms with Crippen LogP contribution in [0.3, 0.4) is 0 Å². The molecule has 36 heavy (non-hydrogen) atoms. The van der Waals surface area contributed by atoms with Crippen LogP contribution in [-0.2, 0) is 11.2 Å². The number of ketones is 1. The molecule has 0 radical (unpaired) electrons. The first kappa shape index (κ1) is 23.4. The molecule has 3 saturated carbocycles. The first-order valence-electron chi connectivity index (χ1n) is 14.1. The van der Waals surface area contributed by atoms with Crippen LogP contribution in [0.15, 0.2) is 46.7 Å². The third-order valence-electron chi connectivity index (χ3n) is 11.6. The molecule has 1 heterocycles. The minimum Gasteiger partial charge on any atom is -0.396 e. The van der Waals surface area contributed by atoms with Crippen LogP contribution in [0.25, 0.3) is 11.1 Å². The quantitative estimate of drug-likeness (QED) is 0.490. The van der Waals surface area contributed by atoms with E-state index in [1.165, 1.54) is 27.8 Å². The Morgan fingerprint density at radius 1 is 1.11 bits per heavy atom. The number of carbonyl (C=O) groups excluding carboxylic acids is 1. The Morgan fingerprint density at radius 2 is 2.00 bits per heavy atom. The zero-order valence-corrected chi connectivity index (χ0v) is 22.2. The fourth-order valence-electron chi connectivity index (χ4n) is 10.1. The molecule has 190 valence electrons. The van der Waals surface area contributed by atoms with Crippen molar-refractivity contribution in [1.29, 1.82) is 0 Å². The standard InChI is InChI=1S/C32H38O3S/c1-30-18-27-25-5-3-20(21-9-14-36-19-21)15-22(25)17-31-11-7-24(34)16-23(31)4-6-26(29(27)31)28(30)8-12-32(30,35)10-2-13-33/h3,5,9,14-16,19,26-29,33,35H,2,4,6-8,10-13,17-18H2,1H3/t26-,27?,28+,29?,30-,31+,32+/m0/s1. The van der Waals surface area contributed by atoms with Crippen molar-refractivity contribution in [3.05, 3.63) is 57.8 Å². The van der Waals surface area contributed by atoms with Gasteiger partial charge in [0, 0.05) is 13.0 Å². The minimum atomic E-state index is -0.689. The Bertz CT molecular complexity index is 1230. The second-order valence-corrected chi connectivity index (χ2v) is 13.6. The Hall–Kier alpha value is -1.75. The molecule has 7 rings (SSSR count). The maximum absolute atomic E-state index is 12.6. The SMILES string of the molecule is C[C@]12CC3c4ccc(-c5ccsc5)cc4C[C@]45CCC(=O)C=C4CC[C@H](C35)[C@H]1CC[C@]2(O)CCCO. The molecule has 7 atom stereocenters. The van der Waals surface area contributed by atoms with E-state index in [2.05, 4.69) is 41.9 Å². The summed E-state index contributed by atoms with van der Waals surface area (Å²) in [4.78, 5) is 12.6. The zero-order valence-electron chi connectivity index (χ0n) is 21.3. The van der Waals surface area contributed by atoms with Crippen LogP contribution in [0.5, 0.6) is 0 Å². The van der Waals surface area contributed by atoms with E-state index in [-0.39, 0.29) is 17.4 Å². The number of fused-ring (bicyclic) bond motifs is 4. The Labute approximate surface area is 218 Å². The molecule has 3 fully saturated rings. The molecular formula is C32H38O3S. The molecule has 0 aliphatic heterocycles. The Morgan fingerprint density at radius 3 is 2.81 bits per heavy atom. The summed E-state index contributed by atoms with van der Waals surface area (Å²) in [7, 11) is 0. The van der Waals surface area contributed by atoms with Crippen molar-refractivity contribution in [3.63, 3.8) is 0 Å². The van der Waals surface area contributed by atoms with Crippen molar-refractivity contribution in [2.45, 2.75) is 82.7 Å². The zero-order chi connectivity index (χ0) is 24.7. The highest BCUT2D eigenvalue weighted by Gasteiger charge is 2.68. The van der Waals surface area contributed by atoms with Crippen molar-refractivity contribution >= 4 is 17.1 Å². The number of aliphatic hydroxyl groups is 2. The van der Waals surface area contributed by atoms with E-state index in [1.54, 1.807) is 11.3 Å². The normalized spacial score (nSPS) is 40.6. The van der Waals surface area contributed by atoms with Gasteiger partial charge in [-0.05, 0) is 137 Å². The van der Waals surface area contributed by atoms with Gasteiger partial charge in [0.2, 0.25) is 0 Å². The number of allylic oxidation sites excluding steroid dienone is 1. The second-order valence-electron chi connectivity index (χ2n) is 12.9. The molecule has 2 N–H and O–H groups in total. The smallest absolute Gasteiger partial charge is 0.155 e. The summed E-state index contributed by atoms with van der Waals surface area (Å²) in [6.07, 6.45) is 11.4. The van der Waals surface area contributed by atoms with Crippen LogP contribution in [0.1, 0.15) is 81.8 Å². The number of hydrogen-bond acceptors (Lipinski definition) is 4. The molecule has 1 aromatic carbocycles. The van der Waals surface area contributed by atoms with E-state index in [9.17, 15) is 15.0 Å². The third kappa shape index (κ3) is 3.07. The van der Waals surface area contributed by atoms with Crippen LogP contribution >= 0.6 is 11.3 Å².